The van der Waals surface area contributed by atoms with Crippen LogP contribution in [0.2, 0.25) is 0 Å². The summed E-state index contributed by atoms with van der Waals surface area (Å²) < 4.78 is 5.70. The van der Waals surface area contributed by atoms with E-state index in [-0.39, 0.29) is 12.5 Å². The topological polar surface area (TPSA) is 49.8 Å². The molecule has 2 fully saturated rings. The smallest absolute Gasteiger partial charge is 0.305 e. The minimum absolute atomic E-state index is 0.123. The molecule has 0 aromatic heterocycles. The number of hydrogen-bond donors (Lipinski definition) is 1. The van der Waals surface area contributed by atoms with E-state index in [1.165, 1.54) is 25.7 Å². The molecule has 1 saturated heterocycles. The number of nitrogens with zero attached hydrogens (tertiary/aromatic N) is 1. The fourth-order valence-electron chi connectivity index (χ4n) is 4.06. The van der Waals surface area contributed by atoms with Crippen LogP contribution in [-0.2, 0) is 9.53 Å². The zero-order chi connectivity index (χ0) is 15.2. The molecular formula is C17H31NO3. The highest BCUT2D eigenvalue weighted by Gasteiger charge is 2.33. The summed E-state index contributed by atoms with van der Waals surface area (Å²) in [6.45, 7) is 7.32. The van der Waals surface area contributed by atoms with E-state index in [2.05, 4.69) is 18.7 Å². The summed E-state index contributed by atoms with van der Waals surface area (Å²) in [6, 6.07) is 0.763. The second-order valence-corrected chi connectivity index (χ2v) is 7.01. The van der Waals surface area contributed by atoms with Gasteiger partial charge in [0.05, 0.1) is 19.1 Å². The molecule has 0 bridgehead atoms. The van der Waals surface area contributed by atoms with Crippen molar-refractivity contribution in [3.05, 3.63) is 0 Å². The Labute approximate surface area is 128 Å². The number of carboxylic acids is 1. The number of carboxylic acid groups (broad SMARTS) is 1. The molecule has 4 heteroatoms. The van der Waals surface area contributed by atoms with Crippen molar-refractivity contribution >= 4 is 5.97 Å². The van der Waals surface area contributed by atoms with Crippen molar-refractivity contribution in [1.29, 1.82) is 0 Å². The van der Waals surface area contributed by atoms with Gasteiger partial charge in [0.15, 0.2) is 0 Å². The van der Waals surface area contributed by atoms with Crippen molar-refractivity contribution in [2.45, 2.75) is 70.9 Å². The van der Waals surface area contributed by atoms with Crippen LogP contribution in [0.3, 0.4) is 0 Å². The summed E-state index contributed by atoms with van der Waals surface area (Å²) >= 11 is 0. The van der Waals surface area contributed by atoms with E-state index >= 15 is 0 Å². The summed E-state index contributed by atoms with van der Waals surface area (Å²) in [5, 5.41) is 8.65. The molecule has 1 heterocycles. The third-order valence-corrected chi connectivity index (χ3v) is 5.25. The molecular weight excluding hydrogens is 266 g/mol. The van der Waals surface area contributed by atoms with Crippen LogP contribution in [-0.4, -0.2) is 47.8 Å². The normalized spacial score (nSPS) is 28.9. The van der Waals surface area contributed by atoms with Crippen LogP contribution < -0.4 is 0 Å². The summed E-state index contributed by atoms with van der Waals surface area (Å²) in [4.78, 5) is 13.2. The minimum Gasteiger partial charge on any atom is -0.481 e. The molecule has 4 nitrogen and oxygen atoms in total. The molecule has 0 spiro atoms. The first kappa shape index (κ1) is 16.8. The Morgan fingerprint density at radius 2 is 1.86 bits per heavy atom. The maximum absolute atomic E-state index is 10.5. The van der Waals surface area contributed by atoms with Crippen LogP contribution in [0.5, 0.6) is 0 Å². The first-order chi connectivity index (χ1) is 10.1. The predicted molar refractivity (Wildman–Crippen MR) is 83.4 cm³/mol. The predicted octanol–water partition coefficient (Wildman–Crippen LogP) is 3.16. The van der Waals surface area contributed by atoms with Gasteiger partial charge in [-0.2, -0.15) is 0 Å². The second-order valence-electron chi connectivity index (χ2n) is 7.01. The average molecular weight is 297 g/mol. The Kier molecular flexibility index (Phi) is 6.49. The van der Waals surface area contributed by atoms with Gasteiger partial charge >= 0.3 is 5.97 Å². The molecule has 0 aromatic rings. The molecule has 1 aliphatic heterocycles. The van der Waals surface area contributed by atoms with Gasteiger partial charge in [-0.3, -0.25) is 9.69 Å². The highest BCUT2D eigenvalue weighted by Crippen LogP contribution is 2.34. The summed E-state index contributed by atoms with van der Waals surface area (Å²) in [5.41, 5.74) is 0. The van der Waals surface area contributed by atoms with Gasteiger partial charge in [-0.05, 0) is 37.5 Å². The third kappa shape index (κ3) is 4.96. The molecule has 2 aliphatic rings. The van der Waals surface area contributed by atoms with E-state index in [0.717, 1.165) is 43.8 Å². The molecule has 1 N–H and O–H groups in total. The number of ether oxygens (including phenoxy) is 1. The monoisotopic (exact) mass is 297 g/mol. The fourth-order valence-corrected chi connectivity index (χ4v) is 4.06. The SMILES string of the molecule is CC(C)C1CCCCC1N1CCC(OCCC(=O)O)CC1. The van der Waals surface area contributed by atoms with Gasteiger partial charge in [0.1, 0.15) is 0 Å². The van der Waals surface area contributed by atoms with Crippen LogP contribution >= 0.6 is 0 Å². The lowest BCUT2D eigenvalue weighted by atomic mass is 9.76. The van der Waals surface area contributed by atoms with Crippen molar-refractivity contribution in [3.63, 3.8) is 0 Å². The largest absolute Gasteiger partial charge is 0.481 e. The number of aliphatic carboxylic acids is 1. The Bertz CT molecular complexity index is 324. The first-order valence-corrected chi connectivity index (χ1v) is 8.65. The third-order valence-electron chi connectivity index (χ3n) is 5.25. The summed E-state index contributed by atoms with van der Waals surface area (Å²) in [6.07, 6.45) is 8.02. The number of piperidine rings is 1. The lowest BCUT2D eigenvalue weighted by Crippen LogP contribution is -2.49. The van der Waals surface area contributed by atoms with E-state index in [0.29, 0.717) is 6.61 Å². The van der Waals surface area contributed by atoms with Crippen LogP contribution in [0.4, 0.5) is 0 Å². The molecule has 122 valence electrons. The standard InChI is InChI=1S/C17H31NO3/c1-13(2)15-5-3-4-6-16(15)18-10-7-14(8-11-18)21-12-9-17(19)20/h13-16H,3-12H2,1-2H3,(H,19,20). The molecule has 0 amide bonds. The second kappa shape index (κ2) is 8.14. The number of likely N-dealkylation sites (tertiary alicyclic amines) is 1. The van der Waals surface area contributed by atoms with E-state index in [9.17, 15) is 4.79 Å². The lowest BCUT2D eigenvalue weighted by Gasteiger charge is -2.44. The van der Waals surface area contributed by atoms with E-state index in [1.54, 1.807) is 0 Å². The number of carbonyl (C=O) groups is 1. The highest BCUT2D eigenvalue weighted by molar-refractivity contribution is 5.66. The molecule has 0 radical (unpaired) electrons. The molecule has 1 aliphatic carbocycles. The molecule has 2 atom stereocenters. The molecule has 0 aromatic carbocycles. The van der Waals surface area contributed by atoms with Crippen molar-refractivity contribution < 1.29 is 14.6 Å². The van der Waals surface area contributed by atoms with E-state index in [1.807, 2.05) is 0 Å². The quantitative estimate of drug-likeness (QED) is 0.818. The van der Waals surface area contributed by atoms with Gasteiger partial charge in [0.2, 0.25) is 0 Å². The number of rotatable bonds is 6. The average Bonchev–Trinajstić information content (AvgIpc) is 2.47. The maximum Gasteiger partial charge on any atom is 0.305 e. The minimum atomic E-state index is -0.769. The molecule has 2 rings (SSSR count). The van der Waals surface area contributed by atoms with Crippen LogP contribution in [0.15, 0.2) is 0 Å². The van der Waals surface area contributed by atoms with Gasteiger partial charge in [-0.25, -0.2) is 0 Å². The Balaban J connectivity index is 1.75. The van der Waals surface area contributed by atoms with Crippen molar-refractivity contribution in [3.8, 4) is 0 Å². The lowest BCUT2D eigenvalue weighted by molar-refractivity contribution is -0.139. The molecule has 21 heavy (non-hydrogen) atoms. The van der Waals surface area contributed by atoms with Crippen LogP contribution in [0.1, 0.15) is 58.8 Å². The van der Waals surface area contributed by atoms with Gasteiger partial charge in [0.25, 0.3) is 0 Å². The van der Waals surface area contributed by atoms with Crippen LogP contribution in [0, 0.1) is 11.8 Å². The van der Waals surface area contributed by atoms with Crippen LogP contribution in [0.25, 0.3) is 0 Å². The van der Waals surface area contributed by atoms with Crippen molar-refractivity contribution in [2.24, 2.45) is 11.8 Å². The summed E-state index contributed by atoms with van der Waals surface area (Å²) in [5.74, 6) is 0.859. The Morgan fingerprint density at radius 1 is 1.19 bits per heavy atom. The van der Waals surface area contributed by atoms with Gasteiger partial charge in [-0.15, -0.1) is 0 Å². The van der Waals surface area contributed by atoms with Gasteiger partial charge < -0.3 is 9.84 Å². The zero-order valence-corrected chi connectivity index (χ0v) is 13.6. The molecule has 1 saturated carbocycles. The zero-order valence-electron chi connectivity index (χ0n) is 13.6. The first-order valence-electron chi connectivity index (χ1n) is 8.65. The van der Waals surface area contributed by atoms with Crippen molar-refractivity contribution in [1.82, 2.24) is 4.90 Å². The highest BCUT2D eigenvalue weighted by atomic mass is 16.5. The molecule has 2 unspecified atom stereocenters. The Morgan fingerprint density at radius 3 is 2.48 bits per heavy atom. The summed E-state index contributed by atoms with van der Waals surface area (Å²) in [7, 11) is 0. The van der Waals surface area contributed by atoms with Crippen molar-refractivity contribution in [2.75, 3.05) is 19.7 Å². The van der Waals surface area contributed by atoms with Gasteiger partial charge in [0, 0.05) is 19.1 Å². The maximum atomic E-state index is 10.5. The fraction of sp³-hybridized carbons (Fsp3) is 0.941. The van der Waals surface area contributed by atoms with E-state index < -0.39 is 5.97 Å². The number of hydrogen-bond acceptors (Lipinski definition) is 3. The van der Waals surface area contributed by atoms with Gasteiger partial charge in [-0.1, -0.05) is 26.7 Å². The Hall–Kier alpha value is -0.610. The van der Waals surface area contributed by atoms with E-state index in [4.69, 9.17) is 9.84 Å².